The highest BCUT2D eigenvalue weighted by Gasteiger charge is 2.26. The third kappa shape index (κ3) is 45.6. The van der Waals surface area contributed by atoms with Gasteiger partial charge < -0.3 is 20.1 Å². The lowest BCUT2D eigenvalue weighted by atomic mass is 10.0. The summed E-state index contributed by atoms with van der Waals surface area (Å²) in [6.45, 7) is 3.70. The number of unbranched alkanes of at least 4 members (excludes halogenated alkanes) is 27. The van der Waals surface area contributed by atoms with E-state index in [-0.39, 0.29) is 32.6 Å². The third-order valence-electron chi connectivity index (χ3n) is 10.5. The molecule has 0 radical (unpaired) electrons. The Kier molecular flexibility index (Phi) is 44.4. The molecular weight excluding hydrogens is 762 g/mol. The van der Waals surface area contributed by atoms with E-state index < -0.39 is 32.5 Å². The first-order valence-corrected chi connectivity index (χ1v) is 26.0. The van der Waals surface area contributed by atoms with Crippen LogP contribution in [0.4, 0.5) is 0 Å². The van der Waals surface area contributed by atoms with Crippen LogP contribution in [-0.2, 0) is 32.7 Å². The van der Waals surface area contributed by atoms with E-state index in [0.29, 0.717) is 6.42 Å². The fraction of sp³-hybridized carbons (Fsp3) is 0.837. The zero-order valence-electron chi connectivity index (χ0n) is 38.2. The maximum absolute atomic E-state index is 12.6. The zero-order chi connectivity index (χ0) is 43.2. The predicted octanol–water partition coefficient (Wildman–Crippen LogP) is 14.5. The average molecular weight is 854 g/mol. The van der Waals surface area contributed by atoms with Gasteiger partial charge in [-0.2, -0.15) is 0 Å². The second kappa shape index (κ2) is 45.7. The molecule has 0 amide bonds. The van der Waals surface area contributed by atoms with Gasteiger partial charge in [-0.25, -0.2) is 4.57 Å². The number of carbonyl (C=O) groups excluding carboxylic acids is 2. The number of carbonyl (C=O) groups is 2. The largest absolute Gasteiger partial charge is 0.472 e. The fourth-order valence-corrected chi connectivity index (χ4v) is 7.65. The molecule has 3 N–H and O–H groups in total. The second-order valence-electron chi connectivity index (χ2n) is 16.3. The number of nitrogens with two attached hydrogens (primary N) is 1. The summed E-state index contributed by atoms with van der Waals surface area (Å²) in [6.07, 6.45) is 51.9. The number of phosphoric ester groups is 1. The molecule has 0 spiro atoms. The maximum atomic E-state index is 12.6. The number of allylic oxidation sites excluding steroid dienone is 6. The van der Waals surface area contributed by atoms with Gasteiger partial charge in [-0.1, -0.05) is 211 Å². The molecule has 2 atom stereocenters. The molecule has 0 aromatic heterocycles. The van der Waals surface area contributed by atoms with Gasteiger partial charge in [0.25, 0.3) is 0 Å². The number of phosphoric acid groups is 1. The van der Waals surface area contributed by atoms with E-state index >= 15 is 0 Å². The van der Waals surface area contributed by atoms with Crippen molar-refractivity contribution in [2.45, 2.75) is 238 Å². The molecule has 0 heterocycles. The van der Waals surface area contributed by atoms with Gasteiger partial charge in [0, 0.05) is 19.4 Å². The van der Waals surface area contributed by atoms with Crippen LogP contribution in [0.5, 0.6) is 0 Å². The quantitative estimate of drug-likeness (QED) is 0.0265. The summed E-state index contributed by atoms with van der Waals surface area (Å²) < 4.78 is 32.8. The highest BCUT2D eigenvalue weighted by atomic mass is 31.2. The molecule has 1 unspecified atom stereocenters. The molecule has 346 valence electrons. The molecule has 0 aliphatic rings. The van der Waals surface area contributed by atoms with Gasteiger partial charge in [-0.05, 0) is 44.9 Å². The summed E-state index contributed by atoms with van der Waals surface area (Å²) in [7, 11) is -4.39. The zero-order valence-corrected chi connectivity index (χ0v) is 39.1. The molecule has 0 saturated heterocycles. The molecule has 0 bridgehead atoms. The normalized spacial score (nSPS) is 13.5. The topological polar surface area (TPSA) is 134 Å². The van der Waals surface area contributed by atoms with E-state index in [1.54, 1.807) is 0 Å². The Hall–Kier alpha value is -1.77. The van der Waals surface area contributed by atoms with E-state index in [2.05, 4.69) is 44.2 Å². The van der Waals surface area contributed by atoms with Crippen LogP contribution in [0.1, 0.15) is 232 Å². The minimum Gasteiger partial charge on any atom is -0.462 e. The maximum Gasteiger partial charge on any atom is 0.472 e. The molecule has 0 aliphatic heterocycles. The minimum absolute atomic E-state index is 0.0465. The van der Waals surface area contributed by atoms with Crippen LogP contribution >= 0.6 is 7.82 Å². The number of hydrogen-bond acceptors (Lipinski definition) is 8. The highest BCUT2D eigenvalue weighted by molar-refractivity contribution is 7.47. The molecule has 0 aromatic rings. The lowest BCUT2D eigenvalue weighted by Gasteiger charge is -2.19. The van der Waals surface area contributed by atoms with Gasteiger partial charge in [-0.3, -0.25) is 18.6 Å². The number of hydrogen-bond donors (Lipinski definition) is 2. The van der Waals surface area contributed by atoms with Gasteiger partial charge in [-0.15, -0.1) is 0 Å². The Balaban J connectivity index is 4.10. The molecule has 0 aliphatic carbocycles. The first-order chi connectivity index (χ1) is 28.8. The van der Waals surface area contributed by atoms with Crippen LogP contribution in [0.3, 0.4) is 0 Å². The smallest absolute Gasteiger partial charge is 0.462 e. The van der Waals surface area contributed by atoms with Gasteiger partial charge >= 0.3 is 19.8 Å². The van der Waals surface area contributed by atoms with Crippen LogP contribution < -0.4 is 5.73 Å². The van der Waals surface area contributed by atoms with Crippen molar-refractivity contribution < 1.29 is 37.6 Å². The number of ether oxygens (including phenoxy) is 2. The Morgan fingerprint density at radius 2 is 0.898 bits per heavy atom. The molecular formula is C49H92NO8P. The van der Waals surface area contributed by atoms with Crippen molar-refractivity contribution in [3.63, 3.8) is 0 Å². The lowest BCUT2D eigenvalue weighted by Crippen LogP contribution is -2.29. The van der Waals surface area contributed by atoms with E-state index in [1.807, 2.05) is 6.08 Å². The molecule has 10 heteroatoms. The summed E-state index contributed by atoms with van der Waals surface area (Å²) in [5.41, 5.74) is 5.36. The monoisotopic (exact) mass is 854 g/mol. The van der Waals surface area contributed by atoms with E-state index in [1.165, 1.54) is 154 Å². The third-order valence-corrected chi connectivity index (χ3v) is 11.5. The van der Waals surface area contributed by atoms with Crippen LogP contribution in [0.2, 0.25) is 0 Å². The van der Waals surface area contributed by atoms with E-state index in [4.69, 9.17) is 24.3 Å². The van der Waals surface area contributed by atoms with Crippen LogP contribution in [0.25, 0.3) is 0 Å². The van der Waals surface area contributed by atoms with Crippen molar-refractivity contribution in [3.8, 4) is 0 Å². The Morgan fingerprint density at radius 1 is 0.508 bits per heavy atom. The second-order valence-corrected chi connectivity index (χ2v) is 17.8. The predicted molar refractivity (Wildman–Crippen MR) is 247 cm³/mol. The minimum atomic E-state index is -4.39. The molecule has 59 heavy (non-hydrogen) atoms. The Labute approximate surface area is 363 Å². The molecule has 0 saturated carbocycles. The molecule has 0 aromatic carbocycles. The van der Waals surface area contributed by atoms with Gasteiger partial charge in [0.05, 0.1) is 13.2 Å². The van der Waals surface area contributed by atoms with E-state index in [9.17, 15) is 19.0 Å². The van der Waals surface area contributed by atoms with Crippen LogP contribution in [0.15, 0.2) is 36.5 Å². The van der Waals surface area contributed by atoms with Gasteiger partial charge in [0.1, 0.15) is 6.61 Å². The summed E-state index contributed by atoms with van der Waals surface area (Å²) in [5.74, 6) is -0.880. The van der Waals surface area contributed by atoms with Gasteiger partial charge in [0.15, 0.2) is 6.10 Å². The summed E-state index contributed by atoms with van der Waals surface area (Å²) in [5, 5.41) is 0. The van der Waals surface area contributed by atoms with Crippen molar-refractivity contribution in [1.29, 1.82) is 0 Å². The number of esters is 2. The SMILES string of the molecule is CCCCCCCC/C=C\C/C=C\C/C=C\CCCC(=O)O[C@H](COC(=O)CCCCCCCCCCCCCCCCCCCCCCC)COP(=O)(O)OCCN. The summed E-state index contributed by atoms with van der Waals surface area (Å²) >= 11 is 0. The van der Waals surface area contributed by atoms with Crippen molar-refractivity contribution in [2.24, 2.45) is 5.73 Å². The first-order valence-electron chi connectivity index (χ1n) is 24.5. The summed E-state index contributed by atoms with van der Waals surface area (Å²) in [6, 6.07) is 0. The van der Waals surface area contributed by atoms with Crippen LogP contribution in [-0.4, -0.2) is 49.3 Å². The average Bonchev–Trinajstić information content (AvgIpc) is 3.22. The molecule has 0 rings (SSSR count). The van der Waals surface area contributed by atoms with E-state index in [0.717, 1.165) is 44.9 Å². The molecule has 9 nitrogen and oxygen atoms in total. The van der Waals surface area contributed by atoms with Crippen molar-refractivity contribution in [2.75, 3.05) is 26.4 Å². The lowest BCUT2D eigenvalue weighted by molar-refractivity contribution is -0.161. The summed E-state index contributed by atoms with van der Waals surface area (Å²) in [4.78, 5) is 34.9. The van der Waals surface area contributed by atoms with Crippen molar-refractivity contribution in [1.82, 2.24) is 0 Å². The highest BCUT2D eigenvalue weighted by Crippen LogP contribution is 2.43. The van der Waals surface area contributed by atoms with Crippen molar-refractivity contribution in [3.05, 3.63) is 36.5 Å². The van der Waals surface area contributed by atoms with Crippen LogP contribution in [0, 0.1) is 0 Å². The molecule has 0 fully saturated rings. The Bertz CT molecular complexity index is 1060. The van der Waals surface area contributed by atoms with Crippen molar-refractivity contribution >= 4 is 19.8 Å². The number of rotatable bonds is 46. The Morgan fingerprint density at radius 3 is 1.36 bits per heavy atom. The fourth-order valence-electron chi connectivity index (χ4n) is 6.89. The van der Waals surface area contributed by atoms with Gasteiger partial charge in [0.2, 0.25) is 0 Å². The first kappa shape index (κ1) is 57.2. The standard InChI is InChI=1S/C49H92NO8P/c1-3-5-7-9-11-13-15-17-19-21-22-23-24-26-27-29-31-33-35-37-39-41-48(51)55-45-47(46-57-59(53,54)56-44-43-50)58-49(52)42-40-38-36-34-32-30-28-25-20-18-16-14-12-10-8-6-4-2/h18,20,28,30,34,36,47H,3-17,19,21-27,29,31-33,35,37-46,50H2,1-2H3,(H,53,54)/b20-18-,30-28-,36-34-/t47-/m1/s1.